The number of hydrogen-bond donors (Lipinski definition) is 0. The molecule has 0 radical (unpaired) electrons. The van der Waals surface area contributed by atoms with Gasteiger partial charge in [-0.2, -0.15) is 13.2 Å². The number of nitrogens with zero attached hydrogens (tertiary/aromatic N) is 5. The van der Waals surface area contributed by atoms with Gasteiger partial charge in [-0.05, 0) is 17.2 Å². The van der Waals surface area contributed by atoms with E-state index in [1.54, 1.807) is 18.3 Å². The summed E-state index contributed by atoms with van der Waals surface area (Å²) in [5.41, 5.74) is 2.26. The van der Waals surface area contributed by atoms with Crippen LogP contribution < -0.4 is 4.90 Å². The van der Waals surface area contributed by atoms with Gasteiger partial charge in [0.1, 0.15) is 5.82 Å². The molecule has 0 saturated carbocycles. The number of anilines is 1. The van der Waals surface area contributed by atoms with Gasteiger partial charge in [-0.3, -0.25) is 0 Å². The van der Waals surface area contributed by atoms with Gasteiger partial charge in [0.25, 0.3) is 0 Å². The first-order valence-electron chi connectivity index (χ1n) is 8.04. The third kappa shape index (κ3) is 4.21. The minimum absolute atomic E-state index is 0.167. The monoisotopic (exact) mass is 395 g/mol. The van der Waals surface area contributed by atoms with Gasteiger partial charge in [-0.1, -0.05) is 24.3 Å². The molecule has 3 rings (SSSR count). The Kier molecular flexibility index (Phi) is 5.10. The molecule has 142 valence electrons. The Morgan fingerprint density at radius 3 is 2.33 bits per heavy atom. The largest absolute Gasteiger partial charge is 0.434 e. The molecule has 3 aromatic rings. The number of rotatable bonds is 4. The van der Waals surface area contributed by atoms with E-state index in [9.17, 15) is 13.2 Å². The van der Waals surface area contributed by atoms with Crippen molar-refractivity contribution < 1.29 is 13.2 Å². The lowest BCUT2D eigenvalue weighted by Gasteiger charge is -2.16. The zero-order valence-corrected chi connectivity index (χ0v) is 15.7. The summed E-state index contributed by atoms with van der Waals surface area (Å²) < 4.78 is 39.9. The van der Waals surface area contributed by atoms with E-state index < -0.39 is 11.9 Å². The lowest BCUT2D eigenvalue weighted by molar-refractivity contribution is -0.140. The molecule has 27 heavy (non-hydrogen) atoms. The summed E-state index contributed by atoms with van der Waals surface area (Å²) in [6.45, 7) is 0. The molecule has 0 amide bonds. The highest BCUT2D eigenvalue weighted by molar-refractivity contribution is 6.28. The van der Waals surface area contributed by atoms with Crippen LogP contribution in [0.2, 0.25) is 5.28 Å². The summed E-state index contributed by atoms with van der Waals surface area (Å²) in [7, 11) is 5.31. The van der Waals surface area contributed by atoms with E-state index >= 15 is 0 Å². The lowest BCUT2D eigenvalue weighted by atomic mass is 10.1. The third-order valence-corrected chi connectivity index (χ3v) is 4.23. The number of halogens is 4. The van der Waals surface area contributed by atoms with Crippen LogP contribution in [0.5, 0.6) is 0 Å². The molecule has 0 unspecified atom stereocenters. The van der Waals surface area contributed by atoms with E-state index in [1.807, 2.05) is 31.1 Å². The normalized spacial score (nSPS) is 11.7. The van der Waals surface area contributed by atoms with E-state index in [4.69, 9.17) is 11.6 Å². The minimum atomic E-state index is -4.47. The van der Waals surface area contributed by atoms with Crippen molar-refractivity contribution >= 4 is 17.3 Å². The van der Waals surface area contributed by atoms with Gasteiger partial charge in [0, 0.05) is 39.3 Å². The van der Waals surface area contributed by atoms with Crippen molar-refractivity contribution in [1.82, 2.24) is 19.5 Å². The summed E-state index contributed by atoms with van der Waals surface area (Å²) in [4.78, 5) is 13.9. The number of hydrogen-bond acceptors (Lipinski definition) is 4. The first-order chi connectivity index (χ1) is 12.6. The van der Waals surface area contributed by atoms with E-state index in [-0.39, 0.29) is 11.1 Å². The highest BCUT2D eigenvalue weighted by Gasteiger charge is 2.34. The van der Waals surface area contributed by atoms with E-state index in [0.717, 1.165) is 23.1 Å². The van der Waals surface area contributed by atoms with Crippen LogP contribution in [0.15, 0.2) is 36.7 Å². The molecule has 0 aliphatic heterocycles. The third-order valence-electron chi connectivity index (χ3n) is 4.05. The molecule has 0 aliphatic carbocycles. The van der Waals surface area contributed by atoms with E-state index in [2.05, 4.69) is 15.0 Å². The predicted octanol–water partition coefficient (Wildman–Crippen LogP) is 4.21. The van der Waals surface area contributed by atoms with Crippen molar-refractivity contribution in [3.05, 3.63) is 58.9 Å². The van der Waals surface area contributed by atoms with Gasteiger partial charge in [0.15, 0.2) is 5.69 Å². The van der Waals surface area contributed by atoms with Crippen LogP contribution in [0, 0.1) is 0 Å². The summed E-state index contributed by atoms with van der Waals surface area (Å²) in [6.07, 6.45) is -1.31. The number of aryl methyl sites for hydroxylation is 1. The van der Waals surface area contributed by atoms with Gasteiger partial charge in [-0.25, -0.2) is 15.0 Å². The molecule has 1 aromatic carbocycles. The lowest BCUT2D eigenvalue weighted by Crippen LogP contribution is -2.13. The Morgan fingerprint density at radius 2 is 1.78 bits per heavy atom. The van der Waals surface area contributed by atoms with Crippen LogP contribution in [-0.4, -0.2) is 33.6 Å². The van der Waals surface area contributed by atoms with Crippen molar-refractivity contribution in [3.8, 4) is 11.4 Å². The SMILES string of the molecule is CN(C)c1cnc(Cl)nc1Cc1ccc(-c2nc(C(F)(F)F)cn2C)cc1. The zero-order valence-electron chi connectivity index (χ0n) is 14.9. The number of aromatic nitrogens is 4. The second kappa shape index (κ2) is 7.19. The molecule has 0 spiro atoms. The molecule has 0 fully saturated rings. The Balaban J connectivity index is 1.87. The predicted molar refractivity (Wildman–Crippen MR) is 97.8 cm³/mol. The summed E-state index contributed by atoms with van der Waals surface area (Å²) in [5, 5.41) is 0.167. The smallest absolute Gasteiger partial charge is 0.375 e. The van der Waals surface area contributed by atoms with Crippen LogP contribution >= 0.6 is 11.6 Å². The Hall–Kier alpha value is -2.61. The Morgan fingerprint density at radius 1 is 1.11 bits per heavy atom. The highest BCUT2D eigenvalue weighted by Crippen LogP contribution is 2.31. The standard InChI is InChI=1S/C18H17ClF3N5/c1-26(2)14-9-23-17(19)24-13(14)8-11-4-6-12(7-5-11)16-25-15(10-27(16)3)18(20,21)22/h4-7,9-10H,8H2,1-3H3. The molecule has 0 bridgehead atoms. The molecule has 0 aliphatic rings. The molecule has 2 aromatic heterocycles. The Labute approximate surface area is 159 Å². The average Bonchev–Trinajstić information content (AvgIpc) is 2.97. The van der Waals surface area contributed by atoms with Gasteiger partial charge in [0.2, 0.25) is 5.28 Å². The van der Waals surface area contributed by atoms with Crippen LogP contribution in [0.1, 0.15) is 17.0 Å². The maximum Gasteiger partial charge on any atom is 0.434 e. The fourth-order valence-corrected chi connectivity index (χ4v) is 2.88. The number of alkyl halides is 3. The van der Waals surface area contributed by atoms with Crippen LogP contribution in [-0.2, 0) is 19.6 Å². The van der Waals surface area contributed by atoms with E-state index in [1.165, 1.54) is 11.6 Å². The minimum Gasteiger partial charge on any atom is -0.375 e. The maximum atomic E-state index is 12.8. The topological polar surface area (TPSA) is 46.8 Å². The molecular weight excluding hydrogens is 379 g/mol. The van der Waals surface area contributed by atoms with Crippen LogP contribution in [0.25, 0.3) is 11.4 Å². The van der Waals surface area contributed by atoms with E-state index in [0.29, 0.717) is 12.0 Å². The van der Waals surface area contributed by atoms with Crippen molar-refractivity contribution in [1.29, 1.82) is 0 Å². The fourth-order valence-electron chi connectivity index (χ4n) is 2.73. The molecule has 0 N–H and O–H groups in total. The quantitative estimate of drug-likeness (QED) is 0.621. The van der Waals surface area contributed by atoms with Crippen molar-refractivity contribution in [2.45, 2.75) is 12.6 Å². The van der Waals surface area contributed by atoms with Crippen molar-refractivity contribution in [3.63, 3.8) is 0 Å². The van der Waals surface area contributed by atoms with Gasteiger partial charge < -0.3 is 9.47 Å². The van der Waals surface area contributed by atoms with Crippen LogP contribution in [0.3, 0.4) is 0 Å². The summed E-state index contributed by atoms with van der Waals surface area (Å²) >= 11 is 5.91. The van der Waals surface area contributed by atoms with Crippen molar-refractivity contribution in [2.75, 3.05) is 19.0 Å². The molecule has 9 heteroatoms. The first kappa shape index (κ1) is 19.2. The highest BCUT2D eigenvalue weighted by atomic mass is 35.5. The fraction of sp³-hybridized carbons (Fsp3) is 0.278. The Bertz CT molecular complexity index is 949. The maximum absolute atomic E-state index is 12.8. The van der Waals surface area contributed by atoms with Gasteiger partial charge in [0.05, 0.1) is 17.6 Å². The molecular formula is C18H17ClF3N5. The zero-order chi connectivity index (χ0) is 19.8. The molecule has 0 saturated heterocycles. The average molecular weight is 396 g/mol. The second-order valence-corrected chi connectivity index (χ2v) is 6.64. The first-order valence-corrected chi connectivity index (χ1v) is 8.41. The van der Waals surface area contributed by atoms with Crippen LogP contribution in [0.4, 0.5) is 18.9 Å². The second-order valence-electron chi connectivity index (χ2n) is 6.30. The molecule has 0 atom stereocenters. The van der Waals surface area contributed by atoms with Gasteiger partial charge >= 0.3 is 6.18 Å². The summed E-state index contributed by atoms with van der Waals surface area (Å²) in [6, 6.07) is 7.17. The number of benzene rings is 1. The number of imidazole rings is 1. The van der Waals surface area contributed by atoms with Crippen molar-refractivity contribution in [2.24, 2.45) is 7.05 Å². The van der Waals surface area contributed by atoms with Gasteiger partial charge in [-0.15, -0.1) is 0 Å². The molecule has 2 heterocycles. The summed E-state index contributed by atoms with van der Waals surface area (Å²) in [5.74, 6) is 0.257. The molecule has 5 nitrogen and oxygen atoms in total.